The lowest BCUT2D eigenvalue weighted by Crippen LogP contribution is -2.12. The summed E-state index contributed by atoms with van der Waals surface area (Å²) in [4.78, 5) is 37.5. The third-order valence-corrected chi connectivity index (χ3v) is 6.12. The molecule has 0 fully saturated rings. The molecule has 0 aliphatic heterocycles. The maximum Gasteiger partial charge on any atom is 0.348 e. The molecule has 3 rings (SSSR count). The highest BCUT2D eigenvalue weighted by Crippen LogP contribution is 2.34. The van der Waals surface area contributed by atoms with Crippen molar-refractivity contribution in [2.75, 3.05) is 18.5 Å². The number of anilines is 1. The zero-order valence-electron chi connectivity index (χ0n) is 18.6. The van der Waals surface area contributed by atoms with Crippen molar-refractivity contribution in [2.45, 2.75) is 20.8 Å². The number of hydrogen-bond donors (Lipinski definition) is 1. The van der Waals surface area contributed by atoms with Gasteiger partial charge in [-0.3, -0.25) is 4.79 Å². The van der Waals surface area contributed by atoms with Crippen molar-refractivity contribution in [3.05, 3.63) is 68.2 Å². The van der Waals surface area contributed by atoms with Gasteiger partial charge in [-0.2, -0.15) is 0 Å². The van der Waals surface area contributed by atoms with E-state index in [9.17, 15) is 14.4 Å². The molecule has 0 aliphatic rings. The smallest absolute Gasteiger partial charge is 0.348 e. The van der Waals surface area contributed by atoms with E-state index >= 15 is 0 Å². The number of carbonyl (C=O) groups is 3. The van der Waals surface area contributed by atoms with E-state index in [0.29, 0.717) is 32.7 Å². The van der Waals surface area contributed by atoms with Crippen molar-refractivity contribution >= 4 is 63.5 Å². The van der Waals surface area contributed by atoms with Crippen molar-refractivity contribution < 1.29 is 28.3 Å². The number of amides is 1. The SMILES string of the molecule is CCOC(=O)c1sc(NC(=O)/C=C/c2ccc(-c3cc(Cl)cc(Cl)c3)o2)c(C(=O)OCC)c1C. The lowest BCUT2D eigenvalue weighted by molar-refractivity contribution is -0.111. The predicted octanol–water partition coefficient (Wildman–Crippen LogP) is 6.63. The molecule has 0 unspecified atom stereocenters. The maximum atomic E-state index is 12.6. The van der Waals surface area contributed by atoms with Gasteiger partial charge >= 0.3 is 11.9 Å². The Kier molecular flexibility index (Phi) is 8.55. The Morgan fingerprint density at radius 2 is 1.68 bits per heavy atom. The number of esters is 2. The highest BCUT2D eigenvalue weighted by Gasteiger charge is 2.27. The summed E-state index contributed by atoms with van der Waals surface area (Å²) in [7, 11) is 0. The number of rotatable bonds is 8. The third-order valence-electron chi connectivity index (χ3n) is 4.50. The van der Waals surface area contributed by atoms with Crippen molar-refractivity contribution in [3.8, 4) is 11.3 Å². The second-order valence-corrected chi connectivity index (χ2v) is 8.78. The van der Waals surface area contributed by atoms with Crippen LogP contribution in [0.2, 0.25) is 10.0 Å². The quantitative estimate of drug-likeness (QED) is 0.264. The monoisotopic (exact) mass is 521 g/mol. The van der Waals surface area contributed by atoms with Gasteiger partial charge in [-0.15, -0.1) is 11.3 Å². The first-order chi connectivity index (χ1) is 16.2. The maximum absolute atomic E-state index is 12.6. The van der Waals surface area contributed by atoms with Crippen LogP contribution in [0, 0.1) is 6.92 Å². The summed E-state index contributed by atoms with van der Waals surface area (Å²) in [6.45, 7) is 5.28. The van der Waals surface area contributed by atoms with Gasteiger partial charge in [0.15, 0.2) is 0 Å². The number of hydrogen-bond acceptors (Lipinski definition) is 7. The molecule has 3 aromatic rings. The molecule has 0 spiro atoms. The van der Waals surface area contributed by atoms with Crippen LogP contribution in [0.1, 0.15) is 45.2 Å². The summed E-state index contributed by atoms with van der Waals surface area (Å²) >= 11 is 13.0. The van der Waals surface area contributed by atoms with Gasteiger partial charge in [-0.25, -0.2) is 9.59 Å². The average molecular weight is 522 g/mol. The summed E-state index contributed by atoms with van der Waals surface area (Å²) < 4.78 is 15.9. The van der Waals surface area contributed by atoms with Crippen LogP contribution >= 0.6 is 34.5 Å². The highest BCUT2D eigenvalue weighted by atomic mass is 35.5. The third kappa shape index (κ3) is 6.08. The molecule has 10 heteroatoms. The van der Waals surface area contributed by atoms with Crippen molar-refractivity contribution in [1.82, 2.24) is 0 Å². The summed E-state index contributed by atoms with van der Waals surface area (Å²) in [5, 5.41) is 3.78. The summed E-state index contributed by atoms with van der Waals surface area (Å²) in [5.74, 6) is -0.785. The van der Waals surface area contributed by atoms with E-state index in [2.05, 4.69) is 5.32 Å². The van der Waals surface area contributed by atoms with Gasteiger partial charge in [0.25, 0.3) is 0 Å². The Bertz CT molecular complexity index is 1240. The minimum absolute atomic E-state index is 0.120. The minimum atomic E-state index is -0.637. The van der Waals surface area contributed by atoms with E-state index in [0.717, 1.165) is 11.3 Å². The van der Waals surface area contributed by atoms with Gasteiger partial charge in [0.05, 0.1) is 18.8 Å². The molecule has 1 aromatic carbocycles. The largest absolute Gasteiger partial charge is 0.462 e. The summed E-state index contributed by atoms with van der Waals surface area (Å²) in [6.07, 6.45) is 2.73. The van der Waals surface area contributed by atoms with Crippen LogP contribution in [0.15, 0.2) is 40.8 Å². The van der Waals surface area contributed by atoms with Gasteiger partial charge in [0.1, 0.15) is 21.4 Å². The van der Waals surface area contributed by atoms with E-state index in [1.165, 1.54) is 12.2 Å². The Balaban J connectivity index is 1.80. The van der Waals surface area contributed by atoms with Gasteiger partial charge in [-0.05, 0) is 62.7 Å². The second kappa shape index (κ2) is 11.4. The molecule has 0 radical (unpaired) electrons. The van der Waals surface area contributed by atoms with E-state index in [-0.39, 0.29) is 28.7 Å². The number of nitrogens with one attached hydrogen (secondary N) is 1. The Hall–Kier alpha value is -3.07. The number of thiophene rings is 1. The molecule has 178 valence electrons. The number of carbonyl (C=O) groups excluding carboxylic acids is 3. The zero-order chi connectivity index (χ0) is 24.8. The molecule has 2 heterocycles. The molecular formula is C24H21Cl2NO6S. The summed E-state index contributed by atoms with van der Waals surface area (Å²) in [6, 6.07) is 8.46. The lowest BCUT2D eigenvalue weighted by atomic mass is 10.1. The number of ether oxygens (including phenoxy) is 2. The molecule has 2 aromatic heterocycles. The first kappa shape index (κ1) is 25.6. The molecule has 1 N–H and O–H groups in total. The van der Waals surface area contributed by atoms with E-state index < -0.39 is 17.8 Å². The fourth-order valence-corrected chi connectivity index (χ4v) is 4.66. The van der Waals surface area contributed by atoms with Crippen LogP contribution in [-0.4, -0.2) is 31.1 Å². The molecule has 0 saturated heterocycles. The molecule has 0 bridgehead atoms. The standard InChI is InChI=1S/C24H21Cl2NO6S/c1-4-31-23(29)20-13(3)21(24(30)32-5-2)34-22(20)27-19(28)9-7-17-6-8-18(33-17)14-10-15(25)12-16(26)11-14/h6-12H,4-5H2,1-3H3,(H,27,28)/b9-7+. The van der Waals surface area contributed by atoms with E-state index in [1.807, 2.05) is 0 Å². The minimum Gasteiger partial charge on any atom is -0.462 e. The van der Waals surface area contributed by atoms with Gasteiger partial charge in [0.2, 0.25) is 5.91 Å². The normalized spacial score (nSPS) is 11.0. The molecule has 0 aliphatic carbocycles. The van der Waals surface area contributed by atoms with Crippen LogP contribution in [0.25, 0.3) is 17.4 Å². The Labute approximate surface area is 210 Å². The number of furan rings is 1. The number of halogens is 2. The summed E-state index contributed by atoms with van der Waals surface area (Å²) in [5.41, 5.74) is 1.20. The fraction of sp³-hybridized carbons (Fsp3) is 0.208. The zero-order valence-corrected chi connectivity index (χ0v) is 20.9. The Morgan fingerprint density at radius 1 is 1.03 bits per heavy atom. The first-order valence-electron chi connectivity index (χ1n) is 10.3. The van der Waals surface area contributed by atoms with Crippen molar-refractivity contribution in [3.63, 3.8) is 0 Å². The van der Waals surface area contributed by atoms with Crippen molar-refractivity contribution in [2.24, 2.45) is 0 Å². The Morgan fingerprint density at radius 3 is 2.32 bits per heavy atom. The van der Waals surface area contributed by atoms with Gasteiger partial charge < -0.3 is 19.2 Å². The first-order valence-corrected chi connectivity index (χ1v) is 11.8. The lowest BCUT2D eigenvalue weighted by Gasteiger charge is -2.05. The molecular weight excluding hydrogens is 501 g/mol. The van der Waals surface area contributed by atoms with Crippen molar-refractivity contribution in [1.29, 1.82) is 0 Å². The number of benzene rings is 1. The molecule has 0 atom stereocenters. The van der Waals surface area contributed by atoms with E-state index in [1.54, 1.807) is 51.1 Å². The van der Waals surface area contributed by atoms with Crippen LogP contribution < -0.4 is 5.32 Å². The average Bonchev–Trinajstić information content (AvgIpc) is 3.36. The van der Waals surface area contributed by atoms with E-state index in [4.69, 9.17) is 37.1 Å². The fourth-order valence-electron chi connectivity index (χ4n) is 3.05. The topological polar surface area (TPSA) is 94.8 Å². The molecule has 34 heavy (non-hydrogen) atoms. The van der Waals surface area contributed by atoms with Gasteiger partial charge in [0, 0.05) is 21.7 Å². The van der Waals surface area contributed by atoms with Crippen LogP contribution in [-0.2, 0) is 14.3 Å². The van der Waals surface area contributed by atoms with Crippen LogP contribution in [0.5, 0.6) is 0 Å². The van der Waals surface area contributed by atoms with Crippen LogP contribution in [0.3, 0.4) is 0 Å². The molecule has 7 nitrogen and oxygen atoms in total. The van der Waals surface area contributed by atoms with Gasteiger partial charge in [-0.1, -0.05) is 23.2 Å². The predicted molar refractivity (Wildman–Crippen MR) is 133 cm³/mol. The second-order valence-electron chi connectivity index (χ2n) is 6.88. The van der Waals surface area contributed by atoms with Crippen LogP contribution in [0.4, 0.5) is 5.00 Å². The highest BCUT2D eigenvalue weighted by molar-refractivity contribution is 7.18. The molecule has 1 amide bonds. The molecule has 0 saturated carbocycles.